The van der Waals surface area contributed by atoms with E-state index in [1.165, 1.54) is 0 Å². The lowest BCUT2D eigenvalue weighted by molar-refractivity contribution is 0.302. The van der Waals surface area contributed by atoms with Crippen molar-refractivity contribution in [3.63, 3.8) is 0 Å². The molecule has 1 heterocycles. The highest BCUT2D eigenvalue weighted by atomic mass is 15.1. The van der Waals surface area contributed by atoms with E-state index in [-0.39, 0.29) is 11.0 Å². The van der Waals surface area contributed by atoms with E-state index in [0.717, 1.165) is 42.4 Å². The molecule has 21 heavy (non-hydrogen) atoms. The second kappa shape index (κ2) is 6.63. The molecule has 0 saturated carbocycles. The van der Waals surface area contributed by atoms with E-state index in [0.29, 0.717) is 0 Å². The molecule has 2 N–H and O–H groups in total. The maximum atomic E-state index is 4.59. The Morgan fingerprint density at radius 2 is 1.52 bits per heavy atom. The van der Waals surface area contributed by atoms with Gasteiger partial charge < -0.3 is 10.6 Å². The Kier molecular flexibility index (Phi) is 5.60. The van der Waals surface area contributed by atoms with Crippen molar-refractivity contribution in [2.45, 2.75) is 73.8 Å². The van der Waals surface area contributed by atoms with Gasteiger partial charge in [-0.05, 0) is 46.0 Å². The van der Waals surface area contributed by atoms with Gasteiger partial charge in [-0.2, -0.15) is 0 Å². The predicted molar refractivity (Wildman–Crippen MR) is 92.1 cm³/mol. The summed E-state index contributed by atoms with van der Waals surface area (Å²) in [7, 11) is 0. The monoisotopic (exact) mass is 292 g/mol. The summed E-state index contributed by atoms with van der Waals surface area (Å²) in [6.07, 6.45) is 2.15. The molecule has 0 atom stereocenters. The number of rotatable bonds is 6. The van der Waals surface area contributed by atoms with Crippen LogP contribution < -0.4 is 10.6 Å². The predicted octanol–water partition coefficient (Wildman–Crippen LogP) is 4.54. The number of aryl methyl sites for hydroxylation is 1. The Morgan fingerprint density at radius 1 is 0.952 bits per heavy atom. The fourth-order valence-corrected chi connectivity index (χ4v) is 2.86. The zero-order valence-corrected chi connectivity index (χ0v) is 15.0. The number of anilines is 2. The van der Waals surface area contributed by atoms with Gasteiger partial charge in [-0.3, -0.25) is 0 Å². The van der Waals surface area contributed by atoms with Gasteiger partial charge in [-0.15, -0.1) is 0 Å². The molecule has 0 amide bonds. The van der Waals surface area contributed by atoms with Crippen LogP contribution in [0.2, 0.25) is 0 Å². The lowest BCUT2D eigenvalue weighted by Crippen LogP contribution is -2.36. The van der Waals surface area contributed by atoms with Gasteiger partial charge in [0.15, 0.2) is 0 Å². The molecule has 0 bridgehead atoms. The molecule has 4 nitrogen and oxygen atoms in total. The first kappa shape index (κ1) is 17.7. The maximum absolute atomic E-state index is 4.59. The SMILES string of the molecule is CCCNc1nc(C)nc(NC(C)(C)CC(C)(C)C)c1C. The van der Waals surface area contributed by atoms with Gasteiger partial charge in [0.2, 0.25) is 0 Å². The molecule has 1 aromatic rings. The third kappa shape index (κ3) is 5.90. The van der Waals surface area contributed by atoms with Gasteiger partial charge in [-0.1, -0.05) is 27.7 Å². The van der Waals surface area contributed by atoms with Crippen molar-refractivity contribution in [2.24, 2.45) is 5.41 Å². The van der Waals surface area contributed by atoms with Crippen LogP contribution in [0.1, 0.15) is 65.8 Å². The minimum Gasteiger partial charge on any atom is -0.370 e. The summed E-state index contributed by atoms with van der Waals surface area (Å²) < 4.78 is 0. The molecule has 0 radical (unpaired) electrons. The van der Waals surface area contributed by atoms with Crippen LogP contribution in [0.5, 0.6) is 0 Å². The minimum absolute atomic E-state index is 0.00811. The quantitative estimate of drug-likeness (QED) is 0.808. The highest BCUT2D eigenvalue weighted by Crippen LogP contribution is 2.31. The van der Waals surface area contributed by atoms with Crippen LogP contribution in [0.15, 0.2) is 0 Å². The Bertz CT molecular complexity index is 472. The van der Waals surface area contributed by atoms with Gasteiger partial charge in [-0.25, -0.2) is 9.97 Å². The van der Waals surface area contributed by atoms with E-state index in [4.69, 9.17) is 0 Å². The highest BCUT2D eigenvalue weighted by Gasteiger charge is 2.26. The van der Waals surface area contributed by atoms with E-state index in [2.05, 4.69) is 69.1 Å². The van der Waals surface area contributed by atoms with E-state index in [1.54, 1.807) is 0 Å². The summed E-state index contributed by atoms with van der Waals surface area (Å²) >= 11 is 0. The second-order valence-electron chi connectivity index (χ2n) is 7.77. The van der Waals surface area contributed by atoms with Crippen molar-refractivity contribution < 1.29 is 0 Å². The fraction of sp³-hybridized carbons (Fsp3) is 0.765. The maximum Gasteiger partial charge on any atom is 0.135 e. The third-order valence-corrected chi connectivity index (χ3v) is 3.23. The lowest BCUT2D eigenvalue weighted by atomic mass is 9.82. The smallest absolute Gasteiger partial charge is 0.135 e. The van der Waals surface area contributed by atoms with Crippen molar-refractivity contribution >= 4 is 11.6 Å². The summed E-state index contributed by atoms with van der Waals surface area (Å²) in [5.74, 6) is 2.68. The molecule has 0 aliphatic carbocycles. The van der Waals surface area contributed by atoms with E-state index in [9.17, 15) is 0 Å². The first-order valence-electron chi connectivity index (χ1n) is 7.91. The molecular formula is C17H32N4. The third-order valence-electron chi connectivity index (χ3n) is 3.23. The topological polar surface area (TPSA) is 49.8 Å². The van der Waals surface area contributed by atoms with Crippen molar-refractivity contribution in [3.8, 4) is 0 Å². The molecule has 0 aliphatic rings. The number of aromatic nitrogens is 2. The average molecular weight is 292 g/mol. The van der Waals surface area contributed by atoms with Crippen LogP contribution in [0.25, 0.3) is 0 Å². The van der Waals surface area contributed by atoms with Crippen molar-refractivity contribution in [1.29, 1.82) is 0 Å². The average Bonchev–Trinajstić information content (AvgIpc) is 2.27. The highest BCUT2D eigenvalue weighted by molar-refractivity contribution is 5.58. The van der Waals surface area contributed by atoms with Gasteiger partial charge in [0.05, 0.1) is 0 Å². The van der Waals surface area contributed by atoms with Crippen molar-refractivity contribution in [3.05, 3.63) is 11.4 Å². The fourth-order valence-electron chi connectivity index (χ4n) is 2.86. The molecule has 1 rings (SSSR count). The van der Waals surface area contributed by atoms with Crippen LogP contribution in [0.3, 0.4) is 0 Å². The summed E-state index contributed by atoms with van der Waals surface area (Å²) in [6.45, 7) is 18.4. The minimum atomic E-state index is -0.00811. The zero-order chi connectivity index (χ0) is 16.3. The Hall–Kier alpha value is -1.32. The molecule has 0 aliphatic heterocycles. The van der Waals surface area contributed by atoms with Crippen LogP contribution in [-0.4, -0.2) is 22.1 Å². The molecule has 1 aromatic heterocycles. The molecular weight excluding hydrogens is 260 g/mol. The van der Waals surface area contributed by atoms with Crippen LogP contribution in [0, 0.1) is 19.3 Å². The van der Waals surface area contributed by atoms with Gasteiger partial charge in [0, 0.05) is 17.6 Å². The summed E-state index contributed by atoms with van der Waals surface area (Å²) in [5.41, 5.74) is 1.36. The standard InChI is InChI=1S/C17H32N4/c1-9-10-18-14-12(2)15(20-13(3)19-14)21-17(7,8)11-16(4,5)6/h9-11H2,1-8H3,(H2,18,19,20,21). The van der Waals surface area contributed by atoms with Crippen LogP contribution in [0.4, 0.5) is 11.6 Å². The summed E-state index contributed by atoms with van der Waals surface area (Å²) in [4.78, 5) is 9.11. The Labute approximate surface area is 130 Å². The molecule has 0 spiro atoms. The molecule has 4 heteroatoms. The number of hydrogen-bond donors (Lipinski definition) is 2. The Balaban J connectivity index is 2.99. The van der Waals surface area contributed by atoms with Gasteiger partial charge >= 0.3 is 0 Å². The van der Waals surface area contributed by atoms with E-state index < -0.39 is 0 Å². The largest absolute Gasteiger partial charge is 0.370 e. The number of hydrogen-bond acceptors (Lipinski definition) is 4. The molecule has 0 aromatic carbocycles. The molecule has 120 valence electrons. The van der Waals surface area contributed by atoms with E-state index in [1.807, 2.05) is 6.92 Å². The van der Waals surface area contributed by atoms with Crippen molar-refractivity contribution in [1.82, 2.24) is 9.97 Å². The number of nitrogens with zero attached hydrogens (tertiary/aromatic N) is 2. The molecule has 0 saturated heterocycles. The van der Waals surface area contributed by atoms with Crippen LogP contribution >= 0.6 is 0 Å². The second-order valence-corrected chi connectivity index (χ2v) is 7.77. The van der Waals surface area contributed by atoms with Crippen LogP contribution in [-0.2, 0) is 0 Å². The lowest BCUT2D eigenvalue weighted by Gasteiger charge is -2.34. The van der Waals surface area contributed by atoms with Gasteiger partial charge in [0.1, 0.15) is 17.5 Å². The van der Waals surface area contributed by atoms with E-state index >= 15 is 0 Å². The summed E-state index contributed by atoms with van der Waals surface area (Å²) in [5, 5.41) is 7.00. The molecule has 0 unspecified atom stereocenters. The van der Waals surface area contributed by atoms with Gasteiger partial charge in [0.25, 0.3) is 0 Å². The first-order valence-corrected chi connectivity index (χ1v) is 7.91. The zero-order valence-electron chi connectivity index (χ0n) is 15.0. The van der Waals surface area contributed by atoms with Crippen molar-refractivity contribution in [2.75, 3.05) is 17.2 Å². The Morgan fingerprint density at radius 3 is 2.05 bits per heavy atom. The summed E-state index contributed by atoms with van der Waals surface area (Å²) in [6, 6.07) is 0. The number of nitrogens with one attached hydrogen (secondary N) is 2. The normalized spacial score (nSPS) is 12.4. The first-order chi connectivity index (χ1) is 9.54. The molecule has 0 fully saturated rings.